The Balaban J connectivity index is 1.70. The molecule has 0 spiro atoms. The molecule has 112 valence electrons. The van der Waals surface area contributed by atoms with Gasteiger partial charge in [-0.15, -0.1) is 0 Å². The molecule has 1 atom stereocenters. The van der Waals surface area contributed by atoms with Gasteiger partial charge >= 0.3 is 0 Å². The number of rotatable bonds is 7. The lowest BCUT2D eigenvalue weighted by Crippen LogP contribution is -2.24. The number of ether oxygens (including phenoxy) is 1. The highest BCUT2D eigenvalue weighted by Gasteiger charge is 2.06. The van der Waals surface area contributed by atoms with Crippen molar-refractivity contribution in [1.29, 1.82) is 0 Å². The van der Waals surface area contributed by atoms with E-state index in [1.54, 1.807) is 12.1 Å². The van der Waals surface area contributed by atoms with E-state index in [0.717, 1.165) is 11.3 Å². The summed E-state index contributed by atoms with van der Waals surface area (Å²) in [6.45, 7) is 1.01. The topological polar surface area (TPSA) is 41.5 Å². The van der Waals surface area contributed by atoms with E-state index in [0.29, 0.717) is 23.2 Å². The molecule has 1 unspecified atom stereocenters. The first-order valence-corrected chi connectivity index (χ1v) is 7.39. The van der Waals surface area contributed by atoms with Crippen LogP contribution in [0.15, 0.2) is 48.5 Å². The fourth-order valence-electron chi connectivity index (χ4n) is 1.81. The van der Waals surface area contributed by atoms with Crippen molar-refractivity contribution in [3.05, 3.63) is 64.1 Å². The van der Waals surface area contributed by atoms with Crippen LogP contribution >= 0.6 is 23.2 Å². The van der Waals surface area contributed by atoms with E-state index in [-0.39, 0.29) is 6.61 Å². The molecule has 3 nitrogen and oxygen atoms in total. The predicted octanol–water partition coefficient (Wildman–Crippen LogP) is 3.98. The largest absolute Gasteiger partial charge is 0.389 e. The molecule has 2 aromatic carbocycles. The minimum Gasteiger partial charge on any atom is -0.389 e. The van der Waals surface area contributed by atoms with Crippen molar-refractivity contribution < 1.29 is 9.84 Å². The van der Waals surface area contributed by atoms with Gasteiger partial charge in [0.25, 0.3) is 0 Å². The molecule has 2 aromatic rings. The average molecular weight is 326 g/mol. The lowest BCUT2D eigenvalue weighted by molar-refractivity contribution is 0.0348. The van der Waals surface area contributed by atoms with Crippen molar-refractivity contribution in [2.75, 3.05) is 18.5 Å². The number of aliphatic hydroxyl groups is 1. The van der Waals surface area contributed by atoms with Gasteiger partial charge in [-0.2, -0.15) is 0 Å². The van der Waals surface area contributed by atoms with Crippen LogP contribution in [0, 0.1) is 0 Å². The molecule has 0 aliphatic carbocycles. The van der Waals surface area contributed by atoms with Crippen molar-refractivity contribution in [2.24, 2.45) is 0 Å². The number of nitrogens with one attached hydrogen (secondary N) is 1. The number of hydrogen-bond donors (Lipinski definition) is 2. The van der Waals surface area contributed by atoms with Crippen molar-refractivity contribution in [1.82, 2.24) is 0 Å². The van der Waals surface area contributed by atoms with Gasteiger partial charge in [-0.05, 0) is 29.8 Å². The van der Waals surface area contributed by atoms with Gasteiger partial charge in [0.1, 0.15) is 0 Å². The molecule has 0 saturated carbocycles. The van der Waals surface area contributed by atoms with E-state index in [1.807, 2.05) is 36.4 Å². The summed E-state index contributed by atoms with van der Waals surface area (Å²) >= 11 is 11.9. The normalized spacial score (nSPS) is 12.1. The Morgan fingerprint density at radius 1 is 1.10 bits per heavy atom. The molecule has 0 fully saturated rings. The van der Waals surface area contributed by atoms with Crippen molar-refractivity contribution >= 4 is 28.9 Å². The first-order chi connectivity index (χ1) is 10.1. The molecular formula is C16H17Cl2NO2. The summed E-state index contributed by atoms with van der Waals surface area (Å²) in [5.41, 5.74) is 1.78. The maximum absolute atomic E-state index is 9.87. The first-order valence-electron chi connectivity index (χ1n) is 6.64. The predicted molar refractivity (Wildman–Crippen MR) is 87.1 cm³/mol. The third kappa shape index (κ3) is 5.56. The van der Waals surface area contributed by atoms with Gasteiger partial charge in [-0.1, -0.05) is 47.5 Å². The standard InChI is InChI=1S/C16H17Cl2NO2/c17-13-5-3-6-14(8-13)19-9-15(20)11-21-10-12-4-1-2-7-16(12)18/h1-8,15,19-20H,9-11H2. The molecule has 0 saturated heterocycles. The summed E-state index contributed by atoms with van der Waals surface area (Å²) in [5.74, 6) is 0. The van der Waals surface area contributed by atoms with Crippen LogP contribution in [0.2, 0.25) is 10.0 Å². The number of aliphatic hydroxyl groups excluding tert-OH is 1. The SMILES string of the molecule is OC(CNc1cccc(Cl)c1)COCc1ccccc1Cl. The maximum atomic E-state index is 9.87. The molecule has 0 bridgehead atoms. The molecule has 5 heteroatoms. The molecule has 0 aromatic heterocycles. The summed E-state index contributed by atoms with van der Waals surface area (Å²) < 4.78 is 5.47. The minimum atomic E-state index is -0.605. The molecule has 0 aliphatic heterocycles. The molecule has 0 aliphatic rings. The molecule has 21 heavy (non-hydrogen) atoms. The van der Waals surface area contributed by atoms with Gasteiger partial charge in [0.05, 0.1) is 19.3 Å². The van der Waals surface area contributed by atoms with Crippen LogP contribution < -0.4 is 5.32 Å². The lowest BCUT2D eigenvalue weighted by atomic mass is 10.2. The van der Waals surface area contributed by atoms with Crippen LogP contribution in [0.1, 0.15) is 5.56 Å². The van der Waals surface area contributed by atoms with Gasteiger partial charge in [0.15, 0.2) is 0 Å². The van der Waals surface area contributed by atoms with Gasteiger partial charge in [0, 0.05) is 22.3 Å². The van der Waals surface area contributed by atoms with Crippen molar-refractivity contribution in [2.45, 2.75) is 12.7 Å². The van der Waals surface area contributed by atoms with Crippen LogP contribution in [0.4, 0.5) is 5.69 Å². The second-order valence-electron chi connectivity index (χ2n) is 4.65. The quantitative estimate of drug-likeness (QED) is 0.808. The number of hydrogen-bond acceptors (Lipinski definition) is 3. The van der Waals surface area contributed by atoms with E-state index >= 15 is 0 Å². The van der Waals surface area contributed by atoms with Crippen LogP contribution in [-0.2, 0) is 11.3 Å². The number of anilines is 1. The Morgan fingerprint density at radius 2 is 1.90 bits per heavy atom. The van der Waals surface area contributed by atoms with Crippen molar-refractivity contribution in [3.63, 3.8) is 0 Å². The Kier molecular flexibility index (Phi) is 6.33. The van der Waals surface area contributed by atoms with E-state index in [2.05, 4.69) is 5.32 Å². The Labute approximate surface area is 134 Å². The number of halogens is 2. The summed E-state index contributed by atoms with van der Waals surface area (Å²) in [6, 6.07) is 14.8. The highest BCUT2D eigenvalue weighted by Crippen LogP contribution is 2.16. The average Bonchev–Trinajstić information content (AvgIpc) is 2.47. The monoisotopic (exact) mass is 325 g/mol. The van der Waals surface area contributed by atoms with Gasteiger partial charge in [-0.25, -0.2) is 0 Å². The van der Waals surface area contributed by atoms with E-state index in [1.165, 1.54) is 0 Å². The van der Waals surface area contributed by atoms with Gasteiger partial charge in [-0.3, -0.25) is 0 Å². The molecule has 2 N–H and O–H groups in total. The third-order valence-electron chi connectivity index (χ3n) is 2.89. The zero-order valence-corrected chi connectivity index (χ0v) is 12.9. The van der Waals surface area contributed by atoms with E-state index in [9.17, 15) is 5.11 Å². The summed E-state index contributed by atoms with van der Waals surface area (Å²) in [4.78, 5) is 0. The van der Waals surface area contributed by atoms with Gasteiger partial charge in [0.2, 0.25) is 0 Å². The van der Waals surface area contributed by atoms with Crippen LogP contribution in [0.5, 0.6) is 0 Å². The second-order valence-corrected chi connectivity index (χ2v) is 5.50. The Morgan fingerprint density at radius 3 is 2.67 bits per heavy atom. The fourth-order valence-corrected chi connectivity index (χ4v) is 2.19. The smallest absolute Gasteiger partial charge is 0.0945 e. The Bertz CT molecular complexity index is 578. The van der Waals surface area contributed by atoms with Crippen LogP contribution in [0.25, 0.3) is 0 Å². The van der Waals surface area contributed by atoms with Gasteiger partial charge < -0.3 is 15.2 Å². The summed E-state index contributed by atoms with van der Waals surface area (Å²) in [6.07, 6.45) is -0.605. The molecule has 0 radical (unpaired) electrons. The fraction of sp³-hybridized carbons (Fsp3) is 0.250. The van der Waals surface area contributed by atoms with E-state index in [4.69, 9.17) is 27.9 Å². The zero-order valence-electron chi connectivity index (χ0n) is 11.4. The summed E-state index contributed by atoms with van der Waals surface area (Å²) in [5, 5.41) is 14.3. The van der Waals surface area contributed by atoms with E-state index < -0.39 is 6.10 Å². The molecule has 0 amide bonds. The molecule has 0 heterocycles. The Hall–Kier alpha value is -1.26. The van der Waals surface area contributed by atoms with Crippen LogP contribution in [0.3, 0.4) is 0 Å². The summed E-state index contributed by atoms with van der Waals surface area (Å²) in [7, 11) is 0. The first kappa shape index (κ1) is 16.1. The number of benzene rings is 2. The highest BCUT2D eigenvalue weighted by molar-refractivity contribution is 6.31. The lowest BCUT2D eigenvalue weighted by Gasteiger charge is -2.14. The minimum absolute atomic E-state index is 0.235. The maximum Gasteiger partial charge on any atom is 0.0945 e. The third-order valence-corrected chi connectivity index (χ3v) is 3.50. The molecule has 2 rings (SSSR count). The molecular weight excluding hydrogens is 309 g/mol. The van der Waals surface area contributed by atoms with Crippen molar-refractivity contribution in [3.8, 4) is 0 Å². The second kappa shape index (κ2) is 8.25. The van der Waals surface area contributed by atoms with Crippen LogP contribution in [-0.4, -0.2) is 24.4 Å². The highest BCUT2D eigenvalue weighted by atomic mass is 35.5. The zero-order chi connectivity index (χ0) is 15.1.